The smallest absolute Gasteiger partial charge is 0.329 e. The number of rotatable bonds is 8. The van der Waals surface area contributed by atoms with Crippen LogP contribution in [0.5, 0.6) is 0 Å². The van der Waals surface area contributed by atoms with Gasteiger partial charge in [-0.15, -0.1) is 0 Å². The van der Waals surface area contributed by atoms with E-state index in [1.807, 2.05) is 13.8 Å². The van der Waals surface area contributed by atoms with Gasteiger partial charge in [0.1, 0.15) is 0 Å². The predicted molar refractivity (Wildman–Crippen MR) is 107 cm³/mol. The third kappa shape index (κ3) is 19.0. The Bertz CT molecular complexity index is 454. The van der Waals surface area contributed by atoms with Gasteiger partial charge < -0.3 is 14.4 Å². The van der Waals surface area contributed by atoms with Gasteiger partial charge in [-0.05, 0) is 19.1 Å². The Hall–Kier alpha value is -1.81. The van der Waals surface area contributed by atoms with E-state index in [1.54, 1.807) is 11.8 Å². The van der Waals surface area contributed by atoms with Crippen molar-refractivity contribution >= 4 is 35.5 Å². The van der Waals surface area contributed by atoms with E-state index in [-0.39, 0.29) is 24.3 Å². The number of carbonyl (C=O) groups is 4. The van der Waals surface area contributed by atoms with Crippen LogP contribution in [0, 0.1) is 0 Å². The molecule has 0 aliphatic carbocycles. The van der Waals surface area contributed by atoms with Crippen molar-refractivity contribution in [2.75, 3.05) is 26.5 Å². The topological polar surface area (TPSA) is 102 Å². The predicted octanol–water partition coefficient (Wildman–Crippen LogP) is 2.19. The number of amides is 2. The zero-order valence-electron chi connectivity index (χ0n) is 18.1. The molecule has 0 aliphatic rings. The van der Waals surface area contributed by atoms with Crippen molar-refractivity contribution in [2.24, 2.45) is 0 Å². The number of nitrogens with zero attached hydrogens (tertiary/aromatic N) is 2. The van der Waals surface area contributed by atoms with Crippen molar-refractivity contribution in [1.82, 2.24) is 10.1 Å². The highest BCUT2D eigenvalue weighted by atomic mass is 32.2. The molecule has 0 radical (unpaired) electrons. The Balaban J connectivity index is 0. The molecule has 0 atom stereocenters. The van der Waals surface area contributed by atoms with E-state index in [2.05, 4.69) is 23.5 Å². The lowest BCUT2D eigenvalue weighted by molar-refractivity contribution is -0.191. The second-order valence-corrected chi connectivity index (χ2v) is 7.97. The summed E-state index contributed by atoms with van der Waals surface area (Å²) in [5.74, 6) is -0.681. The van der Waals surface area contributed by atoms with Gasteiger partial charge in [-0.1, -0.05) is 13.8 Å². The first-order chi connectivity index (χ1) is 12.9. The summed E-state index contributed by atoms with van der Waals surface area (Å²) in [6, 6.07) is 0. The fourth-order valence-corrected chi connectivity index (χ4v) is 2.33. The van der Waals surface area contributed by atoms with Crippen LogP contribution < -0.4 is 0 Å². The zero-order chi connectivity index (χ0) is 22.3. The number of thioether (sulfide) groups is 1. The van der Waals surface area contributed by atoms with E-state index in [0.717, 1.165) is 15.9 Å². The lowest BCUT2D eigenvalue weighted by Gasteiger charge is -2.15. The molecular weight excluding hydrogens is 388 g/mol. The van der Waals surface area contributed by atoms with Crippen molar-refractivity contribution < 1.29 is 33.6 Å². The van der Waals surface area contributed by atoms with Crippen LogP contribution in [-0.4, -0.2) is 71.7 Å². The molecule has 28 heavy (non-hydrogen) atoms. The van der Waals surface area contributed by atoms with Crippen LogP contribution in [0.4, 0.5) is 0 Å². The first-order valence-electron chi connectivity index (χ1n) is 9.00. The molecule has 10 heteroatoms. The molecule has 0 saturated carbocycles. The standard InChI is InChI=1S/C9H17NO4.C9H17NO3S/c1-7(2)13-6-5-9(12)10(4)14-8(3)11;1-7(2)14-6-5-9(12)10(4)13-8(3)11/h2*7H,5-6H2,1-4H3. The van der Waals surface area contributed by atoms with Crippen molar-refractivity contribution in [3.05, 3.63) is 0 Å². The van der Waals surface area contributed by atoms with Gasteiger partial charge in [0.15, 0.2) is 0 Å². The van der Waals surface area contributed by atoms with Crippen LogP contribution in [0.2, 0.25) is 0 Å². The number of hydroxylamine groups is 4. The Labute approximate surface area is 171 Å². The third-order valence-corrected chi connectivity index (χ3v) is 3.87. The van der Waals surface area contributed by atoms with Gasteiger partial charge in [-0.25, -0.2) is 0 Å². The molecular formula is C18H34N2O7S. The van der Waals surface area contributed by atoms with E-state index < -0.39 is 11.9 Å². The van der Waals surface area contributed by atoms with E-state index in [4.69, 9.17) is 4.74 Å². The van der Waals surface area contributed by atoms with Crippen LogP contribution in [0.3, 0.4) is 0 Å². The molecule has 9 nitrogen and oxygen atoms in total. The molecule has 0 bridgehead atoms. The largest absolute Gasteiger partial charge is 0.378 e. The monoisotopic (exact) mass is 422 g/mol. The molecule has 0 fully saturated rings. The summed E-state index contributed by atoms with van der Waals surface area (Å²) in [5.41, 5.74) is 0. The highest BCUT2D eigenvalue weighted by Crippen LogP contribution is 2.10. The van der Waals surface area contributed by atoms with Gasteiger partial charge in [0.25, 0.3) is 11.8 Å². The van der Waals surface area contributed by atoms with Crippen LogP contribution in [0.15, 0.2) is 0 Å². The van der Waals surface area contributed by atoms with Crippen LogP contribution in [0.1, 0.15) is 54.4 Å². The average Bonchev–Trinajstić information content (AvgIpc) is 2.53. The third-order valence-electron chi connectivity index (χ3n) is 2.77. The van der Waals surface area contributed by atoms with E-state index in [1.165, 1.54) is 27.9 Å². The van der Waals surface area contributed by atoms with Gasteiger partial charge in [-0.3, -0.25) is 19.2 Å². The Morgan fingerprint density at radius 3 is 1.61 bits per heavy atom. The minimum atomic E-state index is -0.509. The minimum absolute atomic E-state index is 0.0989. The number of hydrogen-bond acceptors (Lipinski definition) is 8. The molecule has 2 amide bonds. The van der Waals surface area contributed by atoms with Crippen molar-refractivity contribution in [1.29, 1.82) is 0 Å². The summed E-state index contributed by atoms with van der Waals surface area (Å²) in [5, 5.41) is 2.43. The fraction of sp³-hybridized carbons (Fsp3) is 0.778. The summed E-state index contributed by atoms with van der Waals surface area (Å²) in [7, 11) is 2.85. The molecule has 0 aromatic carbocycles. The molecule has 0 rings (SSSR count). The van der Waals surface area contributed by atoms with Crippen LogP contribution in [-0.2, 0) is 33.6 Å². The number of hydrogen-bond donors (Lipinski definition) is 0. The Morgan fingerprint density at radius 1 is 0.821 bits per heavy atom. The normalized spacial score (nSPS) is 10.1. The first kappa shape index (κ1) is 28.4. The fourth-order valence-electron chi connectivity index (χ4n) is 1.57. The van der Waals surface area contributed by atoms with Gasteiger partial charge in [0.2, 0.25) is 0 Å². The molecule has 0 heterocycles. The molecule has 0 unspecified atom stereocenters. The van der Waals surface area contributed by atoms with Crippen molar-refractivity contribution in [2.45, 2.75) is 65.7 Å². The lowest BCUT2D eigenvalue weighted by atomic mass is 10.4. The van der Waals surface area contributed by atoms with Gasteiger partial charge >= 0.3 is 11.9 Å². The Kier molecular flexibility index (Phi) is 16.4. The maximum absolute atomic E-state index is 11.3. The Morgan fingerprint density at radius 2 is 1.25 bits per heavy atom. The maximum atomic E-state index is 11.3. The second-order valence-electron chi connectivity index (χ2n) is 6.29. The summed E-state index contributed by atoms with van der Waals surface area (Å²) >= 11 is 1.71. The number of carbonyl (C=O) groups excluding carboxylic acids is 4. The van der Waals surface area contributed by atoms with Gasteiger partial charge in [0, 0.05) is 40.1 Å². The molecule has 164 valence electrons. The lowest BCUT2D eigenvalue weighted by Crippen LogP contribution is -2.29. The minimum Gasteiger partial charge on any atom is -0.378 e. The van der Waals surface area contributed by atoms with Crippen molar-refractivity contribution in [3.8, 4) is 0 Å². The summed E-state index contributed by atoms with van der Waals surface area (Å²) in [6.07, 6.45) is 0.705. The number of ether oxygens (including phenoxy) is 1. The van der Waals surface area contributed by atoms with E-state index in [0.29, 0.717) is 18.3 Å². The van der Waals surface area contributed by atoms with E-state index in [9.17, 15) is 19.2 Å². The van der Waals surface area contributed by atoms with Crippen LogP contribution >= 0.6 is 11.8 Å². The SMILES string of the molecule is CC(=O)ON(C)C(=O)CCOC(C)C.CC(=O)ON(C)C(=O)CCSC(C)C. The average molecular weight is 423 g/mol. The quantitative estimate of drug-likeness (QED) is 0.549. The zero-order valence-corrected chi connectivity index (χ0v) is 19.0. The highest BCUT2D eigenvalue weighted by molar-refractivity contribution is 7.99. The van der Waals surface area contributed by atoms with E-state index >= 15 is 0 Å². The maximum Gasteiger partial charge on any atom is 0.329 e. The summed E-state index contributed by atoms with van der Waals surface area (Å²) in [4.78, 5) is 52.7. The summed E-state index contributed by atoms with van der Waals surface area (Å²) < 4.78 is 5.18. The molecule has 0 spiro atoms. The van der Waals surface area contributed by atoms with Gasteiger partial charge in [-0.2, -0.15) is 21.9 Å². The molecule has 0 aromatic rings. The highest BCUT2D eigenvalue weighted by Gasteiger charge is 2.12. The summed E-state index contributed by atoms with van der Waals surface area (Å²) in [6.45, 7) is 10.8. The van der Waals surface area contributed by atoms with Crippen molar-refractivity contribution in [3.63, 3.8) is 0 Å². The first-order valence-corrected chi connectivity index (χ1v) is 10.0. The molecule has 0 aliphatic heterocycles. The molecule has 0 saturated heterocycles. The molecule has 0 N–H and O–H groups in total. The second kappa shape index (κ2) is 16.2. The van der Waals surface area contributed by atoms with Gasteiger partial charge in [0.05, 0.1) is 19.1 Å². The van der Waals surface area contributed by atoms with Crippen LogP contribution in [0.25, 0.3) is 0 Å². The molecule has 0 aromatic heterocycles.